The Kier molecular flexibility index (Phi) is 4.95. The van der Waals surface area contributed by atoms with Crippen molar-refractivity contribution in [1.82, 2.24) is 9.82 Å². The van der Waals surface area contributed by atoms with E-state index in [1.165, 1.54) is 38.6 Å². The van der Waals surface area contributed by atoms with Crippen molar-refractivity contribution < 1.29 is 17.9 Å². The lowest BCUT2D eigenvalue weighted by atomic mass is 10.3. The molecule has 0 aliphatic heterocycles. The minimum atomic E-state index is -3.84. The second-order valence-corrected chi connectivity index (χ2v) is 5.78. The molecule has 0 spiro atoms. The molecule has 0 atom stereocenters. The fourth-order valence-corrected chi connectivity index (χ4v) is 2.61. The zero-order valence-corrected chi connectivity index (χ0v) is 12.9. The Morgan fingerprint density at radius 3 is 2.50 bits per heavy atom. The van der Waals surface area contributed by atoms with Crippen LogP contribution in [0.15, 0.2) is 52.7 Å². The average Bonchev–Trinajstić information content (AvgIpc) is 2.55. The van der Waals surface area contributed by atoms with Crippen LogP contribution in [0, 0.1) is 0 Å². The maximum Gasteiger partial charge on any atom is 0.280 e. The van der Waals surface area contributed by atoms with Crippen LogP contribution in [0.25, 0.3) is 0 Å². The lowest BCUT2D eigenvalue weighted by molar-refractivity contribution is 0.386. The molecule has 2 aromatic rings. The number of hydrazone groups is 1. The van der Waals surface area contributed by atoms with Crippen LogP contribution in [0.2, 0.25) is 0 Å². The number of benzene rings is 1. The van der Waals surface area contributed by atoms with E-state index in [2.05, 4.69) is 14.9 Å². The van der Waals surface area contributed by atoms with Crippen LogP contribution in [-0.2, 0) is 10.0 Å². The van der Waals surface area contributed by atoms with Gasteiger partial charge in [0.05, 0.1) is 20.4 Å². The standard InChI is InChI=1S/C14H15N3O4S/c1-20-12-3-4-14(13(9-12)21-2)22(18,19)17-16-10-11-5-7-15-8-6-11/h3-10,17H,1-2H3/b16-10+. The van der Waals surface area contributed by atoms with Gasteiger partial charge in [-0.2, -0.15) is 18.4 Å². The number of rotatable bonds is 6. The summed E-state index contributed by atoms with van der Waals surface area (Å²) in [6.45, 7) is 0. The molecular weight excluding hydrogens is 306 g/mol. The molecule has 1 aromatic carbocycles. The summed E-state index contributed by atoms with van der Waals surface area (Å²) in [6.07, 6.45) is 4.56. The Bertz CT molecular complexity index is 761. The van der Waals surface area contributed by atoms with E-state index in [0.29, 0.717) is 5.75 Å². The predicted octanol–water partition coefficient (Wildman–Crippen LogP) is 1.41. The molecule has 0 fully saturated rings. The first kappa shape index (κ1) is 15.8. The van der Waals surface area contributed by atoms with E-state index in [-0.39, 0.29) is 10.6 Å². The van der Waals surface area contributed by atoms with Gasteiger partial charge >= 0.3 is 0 Å². The Labute approximate surface area is 128 Å². The Morgan fingerprint density at radius 2 is 1.86 bits per heavy atom. The number of aromatic nitrogens is 1. The van der Waals surface area contributed by atoms with Crippen molar-refractivity contribution in [1.29, 1.82) is 0 Å². The summed E-state index contributed by atoms with van der Waals surface area (Å²) >= 11 is 0. The molecule has 8 heteroatoms. The summed E-state index contributed by atoms with van der Waals surface area (Å²) in [5, 5.41) is 3.73. The highest BCUT2D eigenvalue weighted by molar-refractivity contribution is 7.89. The van der Waals surface area contributed by atoms with Gasteiger partial charge < -0.3 is 9.47 Å². The van der Waals surface area contributed by atoms with E-state index < -0.39 is 10.0 Å². The van der Waals surface area contributed by atoms with Crippen LogP contribution in [0.1, 0.15) is 5.56 Å². The van der Waals surface area contributed by atoms with Gasteiger partial charge in [-0.1, -0.05) is 0 Å². The minimum absolute atomic E-state index is 0.0253. The van der Waals surface area contributed by atoms with E-state index in [4.69, 9.17) is 9.47 Å². The quantitative estimate of drug-likeness (QED) is 0.642. The predicted molar refractivity (Wildman–Crippen MR) is 81.7 cm³/mol. The summed E-state index contributed by atoms with van der Waals surface area (Å²) in [4.78, 5) is 5.97. The average molecular weight is 321 g/mol. The molecule has 2 rings (SSSR count). The first-order valence-corrected chi connectivity index (χ1v) is 7.72. The molecule has 1 heterocycles. The van der Waals surface area contributed by atoms with E-state index in [0.717, 1.165) is 5.56 Å². The monoisotopic (exact) mass is 321 g/mol. The second-order valence-electron chi connectivity index (χ2n) is 4.15. The molecular formula is C14H15N3O4S. The summed E-state index contributed by atoms with van der Waals surface area (Å²) in [5.74, 6) is 0.669. The fourth-order valence-electron chi connectivity index (χ4n) is 1.67. The van der Waals surface area contributed by atoms with Crippen molar-refractivity contribution in [3.63, 3.8) is 0 Å². The molecule has 1 N–H and O–H groups in total. The minimum Gasteiger partial charge on any atom is -0.497 e. The number of ether oxygens (including phenoxy) is 2. The van der Waals surface area contributed by atoms with Crippen LogP contribution in [0.4, 0.5) is 0 Å². The van der Waals surface area contributed by atoms with Gasteiger partial charge in [0.2, 0.25) is 0 Å². The van der Waals surface area contributed by atoms with Gasteiger partial charge in [0.25, 0.3) is 10.0 Å². The van der Waals surface area contributed by atoms with Crippen molar-refractivity contribution in [3.05, 3.63) is 48.3 Å². The number of pyridine rings is 1. The van der Waals surface area contributed by atoms with E-state index >= 15 is 0 Å². The molecule has 22 heavy (non-hydrogen) atoms. The van der Waals surface area contributed by atoms with Crippen molar-refractivity contribution in [2.24, 2.45) is 5.10 Å². The van der Waals surface area contributed by atoms with Crippen molar-refractivity contribution in [3.8, 4) is 11.5 Å². The maximum atomic E-state index is 12.2. The molecule has 0 aliphatic rings. The van der Waals surface area contributed by atoms with E-state index in [1.807, 2.05) is 0 Å². The molecule has 0 unspecified atom stereocenters. The fraction of sp³-hybridized carbons (Fsp3) is 0.143. The third kappa shape index (κ3) is 3.73. The summed E-state index contributed by atoms with van der Waals surface area (Å²) in [5.41, 5.74) is 0.722. The van der Waals surface area contributed by atoms with Gasteiger partial charge in [-0.3, -0.25) is 4.98 Å². The van der Waals surface area contributed by atoms with Crippen molar-refractivity contribution >= 4 is 16.2 Å². The molecule has 0 bridgehead atoms. The topological polar surface area (TPSA) is 89.9 Å². The largest absolute Gasteiger partial charge is 0.497 e. The van der Waals surface area contributed by atoms with Crippen LogP contribution in [0.3, 0.4) is 0 Å². The Morgan fingerprint density at radius 1 is 1.14 bits per heavy atom. The number of hydrogen-bond acceptors (Lipinski definition) is 6. The number of nitrogens with zero attached hydrogens (tertiary/aromatic N) is 2. The van der Waals surface area contributed by atoms with Crippen molar-refractivity contribution in [2.75, 3.05) is 14.2 Å². The molecule has 7 nitrogen and oxygen atoms in total. The van der Waals surface area contributed by atoms with Gasteiger partial charge in [-0.05, 0) is 29.8 Å². The van der Waals surface area contributed by atoms with Gasteiger partial charge in [-0.25, -0.2) is 0 Å². The number of nitrogens with one attached hydrogen (secondary N) is 1. The summed E-state index contributed by atoms with van der Waals surface area (Å²) < 4.78 is 34.6. The van der Waals surface area contributed by atoms with Crippen LogP contribution in [-0.4, -0.2) is 33.8 Å². The second kappa shape index (κ2) is 6.90. The zero-order valence-electron chi connectivity index (χ0n) is 12.1. The summed E-state index contributed by atoms with van der Waals surface area (Å²) in [6, 6.07) is 7.81. The van der Waals surface area contributed by atoms with E-state index in [9.17, 15) is 8.42 Å². The number of sulfonamides is 1. The zero-order chi connectivity index (χ0) is 16.0. The smallest absolute Gasteiger partial charge is 0.280 e. The van der Waals surface area contributed by atoms with E-state index in [1.54, 1.807) is 24.5 Å². The van der Waals surface area contributed by atoms with Crippen LogP contribution < -0.4 is 14.3 Å². The highest BCUT2D eigenvalue weighted by Crippen LogP contribution is 2.28. The molecule has 0 saturated heterocycles. The highest BCUT2D eigenvalue weighted by atomic mass is 32.2. The normalized spacial score (nSPS) is 11.4. The third-order valence-electron chi connectivity index (χ3n) is 2.75. The molecule has 0 aliphatic carbocycles. The summed E-state index contributed by atoms with van der Waals surface area (Å²) in [7, 11) is -0.973. The lowest BCUT2D eigenvalue weighted by Gasteiger charge is -2.10. The molecule has 0 saturated carbocycles. The first-order valence-electron chi connectivity index (χ1n) is 6.24. The number of methoxy groups -OCH3 is 2. The van der Waals surface area contributed by atoms with Crippen molar-refractivity contribution in [2.45, 2.75) is 4.90 Å². The van der Waals surface area contributed by atoms with Gasteiger partial charge in [0, 0.05) is 18.5 Å². The maximum absolute atomic E-state index is 12.2. The molecule has 1 aromatic heterocycles. The Hall–Kier alpha value is -2.61. The molecule has 0 amide bonds. The van der Waals surface area contributed by atoms with Gasteiger partial charge in [-0.15, -0.1) is 0 Å². The highest BCUT2D eigenvalue weighted by Gasteiger charge is 2.19. The van der Waals surface area contributed by atoms with Gasteiger partial charge in [0.15, 0.2) is 0 Å². The van der Waals surface area contributed by atoms with Crippen LogP contribution >= 0.6 is 0 Å². The Balaban J connectivity index is 2.22. The lowest BCUT2D eigenvalue weighted by Crippen LogP contribution is -2.19. The van der Waals surface area contributed by atoms with Crippen LogP contribution in [0.5, 0.6) is 11.5 Å². The molecule has 116 valence electrons. The molecule has 0 radical (unpaired) electrons. The first-order chi connectivity index (χ1) is 10.6. The number of hydrogen-bond donors (Lipinski definition) is 1. The SMILES string of the molecule is COc1ccc(S(=O)(=O)N/N=C/c2ccncc2)c(OC)c1. The van der Waals surface area contributed by atoms with Gasteiger partial charge in [0.1, 0.15) is 16.4 Å². The third-order valence-corrected chi connectivity index (χ3v) is 4.01.